The molecule has 0 saturated heterocycles. The van der Waals surface area contributed by atoms with Gasteiger partial charge in [-0.25, -0.2) is 4.79 Å². The van der Waals surface area contributed by atoms with Crippen molar-refractivity contribution >= 4 is 11.9 Å². The van der Waals surface area contributed by atoms with Gasteiger partial charge >= 0.3 is 5.97 Å². The summed E-state index contributed by atoms with van der Waals surface area (Å²) in [6.07, 6.45) is 4.07. The number of rotatable bonds is 5. The summed E-state index contributed by atoms with van der Waals surface area (Å²) in [5.74, 6) is 0.0147. The number of carbonyl (C=O) groups is 2. The highest BCUT2D eigenvalue weighted by molar-refractivity contribution is 5.87. The van der Waals surface area contributed by atoms with E-state index in [1.807, 2.05) is 0 Å². The Kier molecular flexibility index (Phi) is 5.17. The van der Waals surface area contributed by atoms with E-state index in [0.717, 1.165) is 19.3 Å². The summed E-state index contributed by atoms with van der Waals surface area (Å²) in [4.78, 5) is 23.3. The van der Waals surface area contributed by atoms with E-state index in [-0.39, 0.29) is 5.91 Å². The quantitative estimate of drug-likeness (QED) is 0.793. The summed E-state index contributed by atoms with van der Waals surface area (Å²) >= 11 is 0. The molecule has 0 aliphatic heterocycles. The Morgan fingerprint density at radius 1 is 1.33 bits per heavy atom. The second-order valence-electron chi connectivity index (χ2n) is 6.05. The fraction of sp³-hybridized carbons (Fsp3) is 0.857. The minimum absolute atomic E-state index is 0.124. The Morgan fingerprint density at radius 2 is 1.89 bits per heavy atom. The Hall–Kier alpha value is -1.06. The van der Waals surface area contributed by atoms with Crippen LogP contribution in [0.1, 0.15) is 59.3 Å². The van der Waals surface area contributed by atoms with Crippen molar-refractivity contribution in [3.05, 3.63) is 0 Å². The second kappa shape index (κ2) is 6.21. The fourth-order valence-corrected chi connectivity index (χ4v) is 2.40. The van der Waals surface area contributed by atoms with Gasteiger partial charge in [0.05, 0.1) is 0 Å². The third-order valence-corrected chi connectivity index (χ3v) is 3.86. The molecular weight excluding hydrogens is 230 g/mol. The molecule has 2 N–H and O–H groups in total. The van der Waals surface area contributed by atoms with Crippen LogP contribution in [0.3, 0.4) is 0 Å². The maximum atomic E-state index is 11.8. The van der Waals surface area contributed by atoms with Crippen molar-refractivity contribution in [3.8, 4) is 0 Å². The molecule has 4 heteroatoms. The molecule has 1 aliphatic carbocycles. The highest BCUT2D eigenvalue weighted by Crippen LogP contribution is 2.32. The lowest BCUT2D eigenvalue weighted by atomic mass is 9.77. The lowest BCUT2D eigenvalue weighted by Gasteiger charge is -2.36. The molecule has 0 aromatic carbocycles. The third-order valence-electron chi connectivity index (χ3n) is 3.86. The van der Waals surface area contributed by atoms with E-state index in [1.54, 1.807) is 0 Å². The SMILES string of the molecule is CC(C)CCC(=O)NC1(C(=O)O)CCC(C)CC1. The number of aliphatic carboxylic acids is 1. The Labute approximate surface area is 109 Å². The van der Waals surface area contributed by atoms with E-state index in [0.29, 0.717) is 31.1 Å². The number of hydrogen-bond acceptors (Lipinski definition) is 2. The largest absolute Gasteiger partial charge is 0.480 e. The van der Waals surface area contributed by atoms with Crippen LogP contribution in [0, 0.1) is 11.8 Å². The van der Waals surface area contributed by atoms with E-state index >= 15 is 0 Å². The summed E-state index contributed by atoms with van der Waals surface area (Å²) in [6, 6.07) is 0. The molecule has 0 radical (unpaired) electrons. The van der Waals surface area contributed by atoms with Gasteiger partial charge in [-0.15, -0.1) is 0 Å². The molecule has 0 spiro atoms. The molecule has 0 aromatic rings. The zero-order chi connectivity index (χ0) is 13.8. The van der Waals surface area contributed by atoms with Crippen molar-refractivity contribution in [1.82, 2.24) is 5.32 Å². The second-order valence-corrected chi connectivity index (χ2v) is 6.05. The number of carbonyl (C=O) groups excluding carboxylic acids is 1. The molecule has 0 heterocycles. The number of hydrogen-bond donors (Lipinski definition) is 2. The van der Waals surface area contributed by atoms with E-state index in [1.165, 1.54) is 0 Å². The molecular formula is C14H25NO3. The minimum atomic E-state index is -1.01. The van der Waals surface area contributed by atoms with Crippen molar-refractivity contribution in [2.24, 2.45) is 11.8 Å². The molecule has 4 nitrogen and oxygen atoms in total. The van der Waals surface area contributed by atoms with Crippen LogP contribution in [0.2, 0.25) is 0 Å². The summed E-state index contributed by atoms with van der Waals surface area (Å²) in [5, 5.41) is 12.2. The predicted molar refractivity (Wildman–Crippen MR) is 70.2 cm³/mol. The first kappa shape index (κ1) is 15.0. The van der Waals surface area contributed by atoms with Crippen molar-refractivity contribution in [3.63, 3.8) is 0 Å². The van der Waals surface area contributed by atoms with Gasteiger partial charge in [-0.05, 0) is 43.9 Å². The molecule has 1 fully saturated rings. The molecule has 104 valence electrons. The minimum Gasteiger partial charge on any atom is -0.480 e. The summed E-state index contributed by atoms with van der Waals surface area (Å²) in [5.41, 5.74) is -1.01. The first-order chi connectivity index (χ1) is 8.35. The van der Waals surface area contributed by atoms with Crippen molar-refractivity contribution in [1.29, 1.82) is 0 Å². The van der Waals surface area contributed by atoms with Crippen LogP contribution in [0.4, 0.5) is 0 Å². The van der Waals surface area contributed by atoms with Gasteiger partial charge in [0.15, 0.2) is 0 Å². The van der Waals surface area contributed by atoms with E-state index in [4.69, 9.17) is 0 Å². The molecule has 0 aromatic heterocycles. The smallest absolute Gasteiger partial charge is 0.329 e. The number of carboxylic acids is 1. The van der Waals surface area contributed by atoms with Crippen LogP contribution in [0.5, 0.6) is 0 Å². The van der Waals surface area contributed by atoms with Gasteiger partial charge in [0.2, 0.25) is 5.91 Å². The third kappa shape index (κ3) is 4.00. The number of nitrogens with one attached hydrogen (secondary N) is 1. The molecule has 1 saturated carbocycles. The molecule has 18 heavy (non-hydrogen) atoms. The fourth-order valence-electron chi connectivity index (χ4n) is 2.40. The Morgan fingerprint density at radius 3 is 2.33 bits per heavy atom. The average Bonchev–Trinajstić information content (AvgIpc) is 2.29. The van der Waals surface area contributed by atoms with Gasteiger partial charge in [-0.2, -0.15) is 0 Å². The summed E-state index contributed by atoms with van der Waals surface area (Å²) in [7, 11) is 0. The van der Waals surface area contributed by atoms with E-state index < -0.39 is 11.5 Å². The molecule has 1 rings (SSSR count). The van der Waals surface area contributed by atoms with Crippen molar-refractivity contribution in [2.75, 3.05) is 0 Å². The van der Waals surface area contributed by atoms with Gasteiger partial charge < -0.3 is 10.4 Å². The van der Waals surface area contributed by atoms with E-state index in [2.05, 4.69) is 26.1 Å². The van der Waals surface area contributed by atoms with Crippen molar-refractivity contribution < 1.29 is 14.7 Å². The van der Waals surface area contributed by atoms with Crippen LogP contribution in [-0.4, -0.2) is 22.5 Å². The van der Waals surface area contributed by atoms with Gasteiger partial charge in [-0.1, -0.05) is 20.8 Å². The van der Waals surface area contributed by atoms with Gasteiger partial charge in [0.1, 0.15) is 5.54 Å². The molecule has 0 bridgehead atoms. The number of carboxylic acid groups (broad SMARTS) is 1. The standard InChI is InChI=1S/C14H25NO3/c1-10(2)4-5-12(16)15-14(13(17)18)8-6-11(3)7-9-14/h10-11H,4-9H2,1-3H3,(H,15,16)(H,17,18). The Balaban J connectivity index is 2.58. The van der Waals surface area contributed by atoms with Crippen LogP contribution in [0.25, 0.3) is 0 Å². The van der Waals surface area contributed by atoms with Crippen LogP contribution >= 0.6 is 0 Å². The first-order valence-electron chi connectivity index (χ1n) is 6.90. The topological polar surface area (TPSA) is 66.4 Å². The molecule has 1 aliphatic rings. The maximum Gasteiger partial charge on any atom is 0.329 e. The van der Waals surface area contributed by atoms with Gasteiger partial charge in [-0.3, -0.25) is 4.79 Å². The zero-order valence-corrected chi connectivity index (χ0v) is 11.7. The molecule has 0 atom stereocenters. The number of amides is 1. The molecule has 1 amide bonds. The normalized spacial score (nSPS) is 28.1. The molecule has 0 unspecified atom stereocenters. The Bertz CT molecular complexity index is 304. The van der Waals surface area contributed by atoms with Crippen LogP contribution in [0.15, 0.2) is 0 Å². The van der Waals surface area contributed by atoms with Crippen LogP contribution in [-0.2, 0) is 9.59 Å². The first-order valence-corrected chi connectivity index (χ1v) is 6.90. The lowest BCUT2D eigenvalue weighted by Crippen LogP contribution is -2.56. The highest BCUT2D eigenvalue weighted by atomic mass is 16.4. The lowest BCUT2D eigenvalue weighted by molar-refractivity contribution is -0.149. The zero-order valence-electron chi connectivity index (χ0n) is 11.7. The van der Waals surface area contributed by atoms with Gasteiger partial charge in [0.25, 0.3) is 0 Å². The predicted octanol–water partition coefficient (Wildman–Crippen LogP) is 2.57. The van der Waals surface area contributed by atoms with Crippen molar-refractivity contribution in [2.45, 2.75) is 64.8 Å². The average molecular weight is 255 g/mol. The highest BCUT2D eigenvalue weighted by Gasteiger charge is 2.42. The monoisotopic (exact) mass is 255 g/mol. The summed E-state index contributed by atoms with van der Waals surface area (Å²) in [6.45, 7) is 6.25. The van der Waals surface area contributed by atoms with Gasteiger partial charge in [0, 0.05) is 6.42 Å². The van der Waals surface area contributed by atoms with E-state index in [9.17, 15) is 14.7 Å². The maximum absolute atomic E-state index is 11.8. The van der Waals surface area contributed by atoms with Crippen LogP contribution < -0.4 is 5.32 Å². The summed E-state index contributed by atoms with van der Waals surface area (Å²) < 4.78 is 0.